The lowest BCUT2D eigenvalue weighted by molar-refractivity contribution is -0.137. The molecule has 1 aromatic carbocycles. The van der Waals surface area contributed by atoms with Crippen molar-refractivity contribution in [2.75, 3.05) is 6.61 Å². The van der Waals surface area contributed by atoms with Crippen molar-refractivity contribution in [3.8, 4) is 0 Å². The third-order valence-corrected chi connectivity index (χ3v) is 2.75. The highest BCUT2D eigenvalue weighted by Crippen LogP contribution is 2.24. The highest BCUT2D eigenvalue weighted by Gasteiger charge is 2.14. The van der Waals surface area contributed by atoms with Gasteiger partial charge in [-0.15, -0.1) is 0 Å². The number of benzene rings is 1. The predicted molar refractivity (Wildman–Crippen MR) is 74.3 cm³/mol. The number of allylic oxidation sites excluding steroid dienone is 1. The Labute approximate surface area is 121 Å². The second-order valence-corrected chi connectivity index (χ2v) is 4.44. The topological polar surface area (TPSA) is 55.4 Å². The summed E-state index contributed by atoms with van der Waals surface area (Å²) in [7, 11) is 0. The van der Waals surface area contributed by atoms with Crippen LogP contribution in [0, 0.1) is 0 Å². The first-order valence-electron chi connectivity index (χ1n) is 5.56. The summed E-state index contributed by atoms with van der Waals surface area (Å²) in [5.41, 5.74) is 0.516. The minimum absolute atomic E-state index is 0.169. The average Bonchev–Trinajstić information content (AvgIpc) is 2.28. The standard InChI is InChI=1S/C13H13Cl2NO3/c1-3-19-11(17)7-8(2)16-13(18)12-9(14)5-4-6-10(12)15/h4-7H,3H2,1-2H3,(H,16,18)/b8-7+. The van der Waals surface area contributed by atoms with Crippen LogP contribution >= 0.6 is 23.2 Å². The Bertz CT molecular complexity index is 506. The highest BCUT2D eigenvalue weighted by molar-refractivity contribution is 6.39. The molecule has 1 amide bonds. The molecule has 4 nitrogen and oxygen atoms in total. The summed E-state index contributed by atoms with van der Waals surface area (Å²) in [6.07, 6.45) is 1.19. The number of halogens is 2. The Balaban J connectivity index is 2.83. The molecule has 1 N–H and O–H groups in total. The lowest BCUT2D eigenvalue weighted by Gasteiger charge is -2.08. The number of carbonyl (C=O) groups excluding carboxylic acids is 2. The maximum absolute atomic E-state index is 12.0. The number of rotatable bonds is 4. The van der Waals surface area contributed by atoms with Gasteiger partial charge in [-0.1, -0.05) is 29.3 Å². The van der Waals surface area contributed by atoms with Gasteiger partial charge in [-0.3, -0.25) is 4.79 Å². The molecule has 0 saturated carbocycles. The Morgan fingerprint density at radius 3 is 2.42 bits per heavy atom. The molecule has 102 valence electrons. The quantitative estimate of drug-likeness (QED) is 0.686. The molecule has 0 aliphatic heterocycles. The van der Waals surface area contributed by atoms with E-state index in [2.05, 4.69) is 5.32 Å². The summed E-state index contributed by atoms with van der Waals surface area (Å²) >= 11 is 11.8. The summed E-state index contributed by atoms with van der Waals surface area (Å²) < 4.78 is 4.73. The number of nitrogens with one attached hydrogen (secondary N) is 1. The molecule has 0 aromatic heterocycles. The van der Waals surface area contributed by atoms with Crippen molar-refractivity contribution in [2.45, 2.75) is 13.8 Å². The lowest BCUT2D eigenvalue weighted by atomic mass is 10.2. The largest absolute Gasteiger partial charge is 0.463 e. The molecule has 0 atom stereocenters. The van der Waals surface area contributed by atoms with Gasteiger partial charge in [-0.2, -0.15) is 0 Å². The summed E-state index contributed by atoms with van der Waals surface area (Å²) in [5.74, 6) is -1.00. The predicted octanol–water partition coefficient (Wildman–Crippen LogP) is 3.19. The van der Waals surface area contributed by atoms with Gasteiger partial charge in [-0.05, 0) is 26.0 Å². The molecule has 1 rings (SSSR count). The number of hydrogen-bond acceptors (Lipinski definition) is 3. The fourth-order valence-corrected chi connectivity index (χ4v) is 1.92. The molecule has 19 heavy (non-hydrogen) atoms. The minimum Gasteiger partial charge on any atom is -0.463 e. The second-order valence-electron chi connectivity index (χ2n) is 3.63. The smallest absolute Gasteiger partial charge is 0.332 e. The molecule has 0 aliphatic carbocycles. The Hall–Kier alpha value is -1.52. The Morgan fingerprint density at radius 2 is 1.89 bits per heavy atom. The van der Waals surface area contributed by atoms with Gasteiger partial charge in [-0.25, -0.2) is 4.79 Å². The van der Waals surface area contributed by atoms with Crippen molar-refractivity contribution >= 4 is 35.1 Å². The molecule has 0 spiro atoms. The van der Waals surface area contributed by atoms with Crippen molar-refractivity contribution in [3.05, 3.63) is 45.6 Å². The lowest BCUT2D eigenvalue weighted by Crippen LogP contribution is -2.23. The molecule has 0 bridgehead atoms. The van der Waals surface area contributed by atoms with Crippen LogP contribution < -0.4 is 5.32 Å². The van der Waals surface area contributed by atoms with Gasteiger partial charge in [0, 0.05) is 11.8 Å². The monoisotopic (exact) mass is 301 g/mol. The maximum atomic E-state index is 12.0. The number of amides is 1. The van der Waals surface area contributed by atoms with Crippen molar-refractivity contribution in [1.29, 1.82) is 0 Å². The fourth-order valence-electron chi connectivity index (χ4n) is 1.35. The second kappa shape index (κ2) is 7.16. The first kappa shape index (κ1) is 15.5. The molecular formula is C13H13Cl2NO3. The van der Waals surface area contributed by atoms with E-state index in [0.29, 0.717) is 5.70 Å². The van der Waals surface area contributed by atoms with Crippen molar-refractivity contribution in [3.63, 3.8) is 0 Å². The van der Waals surface area contributed by atoms with Gasteiger partial charge in [0.25, 0.3) is 5.91 Å². The van der Waals surface area contributed by atoms with E-state index < -0.39 is 11.9 Å². The van der Waals surface area contributed by atoms with Crippen LogP contribution in [0.4, 0.5) is 0 Å². The Kier molecular flexibility index (Phi) is 5.86. The van der Waals surface area contributed by atoms with Crippen LogP contribution in [0.2, 0.25) is 10.0 Å². The van der Waals surface area contributed by atoms with Crippen molar-refractivity contribution in [2.24, 2.45) is 0 Å². The van der Waals surface area contributed by atoms with Crippen LogP contribution in [-0.4, -0.2) is 18.5 Å². The van der Waals surface area contributed by atoms with E-state index in [1.54, 1.807) is 32.0 Å². The van der Waals surface area contributed by atoms with E-state index in [4.69, 9.17) is 27.9 Å². The Morgan fingerprint density at radius 1 is 1.32 bits per heavy atom. The van der Waals surface area contributed by atoms with E-state index in [0.717, 1.165) is 0 Å². The van der Waals surface area contributed by atoms with Crippen molar-refractivity contribution in [1.82, 2.24) is 5.32 Å². The van der Waals surface area contributed by atoms with Gasteiger partial charge in [0.15, 0.2) is 0 Å². The molecule has 0 heterocycles. The fraction of sp³-hybridized carbons (Fsp3) is 0.231. The molecule has 1 aromatic rings. The summed E-state index contributed by atoms with van der Waals surface area (Å²) in [6, 6.07) is 4.77. The summed E-state index contributed by atoms with van der Waals surface area (Å²) in [6.45, 7) is 3.54. The molecule has 6 heteroatoms. The number of hydrogen-bond donors (Lipinski definition) is 1. The normalized spacial score (nSPS) is 11.1. The van der Waals surface area contributed by atoms with Gasteiger partial charge >= 0.3 is 5.97 Å². The highest BCUT2D eigenvalue weighted by atomic mass is 35.5. The molecule has 0 radical (unpaired) electrons. The third kappa shape index (κ3) is 4.58. The van der Waals surface area contributed by atoms with Crippen molar-refractivity contribution < 1.29 is 14.3 Å². The van der Waals surface area contributed by atoms with E-state index in [9.17, 15) is 9.59 Å². The average molecular weight is 302 g/mol. The summed E-state index contributed by atoms with van der Waals surface area (Å²) in [5, 5.41) is 3.01. The number of carbonyl (C=O) groups is 2. The van der Waals surface area contributed by atoms with Gasteiger partial charge < -0.3 is 10.1 Å². The molecule has 0 saturated heterocycles. The third-order valence-electron chi connectivity index (χ3n) is 2.12. The zero-order valence-corrected chi connectivity index (χ0v) is 12.0. The number of esters is 1. The molecule has 0 aliphatic rings. The zero-order valence-electron chi connectivity index (χ0n) is 10.5. The SMILES string of the molecule is CCOC(=O)/C=C(\C)NC(=O)c1c(Cl)cccc1Cl. The zero-order chi connectivity index (χ0) is 14.4. The van der Waals surface area contributed by atoms with E-state index in [1.807, 2.05) is 0 Å². The molecule has 0 fully saturated rings. The van der Waals surface area contributed by atoms with Crippen LogP contribution in [0.15, 0.2) is 30.0 Å². The molecular weight excluding hydrogens is 289 g/mol. The van der Waals surface area contributed by atoms with Crippen LogP contribution in [0.1, 0.15) is 24.2 Å². The van der Waals surface area contributed by atoms with Crippen LogP contribution in [0.3, 0.4) is 0 Å². The first-order chi connectivity index (χ1) is 8.95. The van der Waals surface area contributed by atoms with Crippen LogP contribution in [0.25, 0.3) is 0 Å². The van der Waals surface area contributed by atoms with E-state index in [1.165, 1.54) is 6.08 Å². The van der Waals surface area contributed by atoms with Gasteiger partial charge in [0.05, 0.1) is 22.2 Å². The number of ether oxygens (including phenoxy) is 1. The maximum Gasteiger partial charge on any atom is 0.332 e. The van der Waals surface area contributed by atoms with Gasteiger partial charge in [0.2, 0.25) is 0 Å². The van der Waals surface area contributed by atoms with Crippen LogP contribution in [-0.2, 0) is 9.53 Å². The summed E-state index contributed by atoms with van der Waals surface area (Å²) in [4.78, 5) is 23.2. The van der Waals surface area contributed by atoms with E-state index >= 15 is 0 Å². The van der Waals surface area contributed by atoms with E-state index in [-0.39, 0.29) is 22.2 Å². The molecule has 0 unspecified atom stereocenters. The first-order valence-corrected chi connectivity index (χ1v) is 6.31. The van der Waals surface area contributed by atoms with Gasteiger partial charge in [0.1, 0.15) is 0 Å². The minimum atomic E-state index is -0.523. The van der Waals surface area contributed by atoms with Crippen LogP contribution in [0.5, 0.6) is 0 Å².